The van der Waals surface area contributed by atoms with Crippen molar-refractivity contribution in [2.45, 2.75) is 13.0 Å². The Labute approximate surface area is 125 Å². The van der Waals surface area contributed by atoms with E-state index in [-0.39, 0.29) is 5.56 Å². The van der Waals surface area contributed by atoms with Crippen molar-refractivity contribution in [3.63, 3.8) is 0 Å². The minimum atomic E-state index is -0.894. The Morgan fingerprint density at radius 3 is 2.64 bits per heavy atom. The summed E-state index contributed by atoms with van der Waals surface area (Å²) in [6, 6.07) is 11.7. The number of halogens is 2. The van der Waals surface area contributed by atoms with Gasteiger partial charge in [0.05, 0.1) is 11.6 Å². The molecule has 0 fully saturated rings. The minimum Gasteiger partial charge on any atom is -0.459 e. The molecule has 0 radical (unpaired) electrons. The van der Waals surface area contributed by atoms with Gasteiger partial charge in [-0.15, -0.1) is 0 Å². The molecule has 1 N–H and O–H groups in total. The first-order chi connectivity index (χ1) is 10.5. The van der Waals surface area contributed by atoms with Crippen molar-refractivity contribution in [2.24, 2.45) is 0 Å². The van der Waals surface area contributed by atoms with Gasteiger partial charge in [0.1, 0.15) is 23.0 Å². The standard InChI is InChI=1S/C17H13F2NO2/c1-10(16-8-11-4-2-3-5-15(11)22-16)20-17(21)13-7-6-12(18)9-14(13)19/h2-10H,1H3,(H,20,21)/t10-/m0/s1. The second-order valence-corrected chi connectivity index (χ2v) is 5.01. The maximum atomic E-state index is 13.6. The number of carbonyl (C=O) groups excluding carboxylic acids is 1. The van der Waals surface area contributed by atoms with E-state index in [1.54, 1.807) is 6.92 Å². The van der Waals surface area contributed by atoms with Crippen molar-refractivity contribution in [2.75, 3.05) is 0 Å². The van der Waals surface area contributed by atoms with E-state index in [0.29, 0.717) is 17.4 Å². The molecule has 5 heteroatoms. The highest BCUT2D eigenvalue weighted by Gasteiger charge is 2.18. The predicted molar refractivity (Wildman–Crippen MR) is 78.5 cm³/mol. The first kappa shape index (κ1) is 14.3. The quantitative estimate of drug-likeness (QED) is 0.787. The molecule has 0 bridgehead atoms. The Hall–Kier alpha value is -2.69. The van der Waals surface area contributed by atoms with Gasteiger partial charge in [-0.2, -0.15) is 0 Å². The van der Waals surface area contributed by atoms with E-state index < -0.39 is 23.6 Å². The maximum Gasteiger partial charge on any atom is 0.254 e. The highest BCUT2D eigenvalue weighted by atomic mass is 19.1. The molecule has 1 atom stereocenters. The van der Waals surface area contributed by atoms with Crippen LogP contribution in [-0.2, 0) is 0 Å². The molecule has 0 spiro atoms. The zero-order chi connectivity index (χ0) is 15.7. The molecule has 0 unspecified atom stereocenters. The number of carbonyl (C=O) groups is 1. The van der Waals surface area contributed by atoms with Gasteiger partial charge in [0.15, 0.2) is 0 Å². The molecule has 0 aliphatic carbocycles. The molecule has 0 aliphatic heterocycles. The minimum absolute atomic E-state index is 0.204. The van der Waals surface area contributed by atoms with Gasteiger partial charge in [0.25, 0.3) is 5.91 Å². The fourth-order valence-corrected chi connectivity index (χ4v) is 2.23. The van der Waals surface area contributed by atoms with Crippen LogP contribution in [0.4, 0.5) is 8.78 Å². The van der Waals surface area contributed by atoms with E-state index in [1.807, 2.05) is 30.3 Å². The SMILES string of the molecule is C[C@H](NC(=O)c1ccc(F)cc1F)c1cc2ccccc2o1. The Morgan fingerprint density at radius 1 is 1.14 bits per heavy atom. The largest absolute Gasteiger partial charge is 0.459 e. The van der Waals surface area contributed by atoms with E-state index in [0.717, 1.165) is 17.5 Å². The molecule has 2 aromatic carbocycles. The average Bonchev–Trinajstić information content (AvgIpc) is 2.91. The lowest BCUT2D eigenvalue weighted by atomic mass is 10.1. The van der Waals surface area contributed by atoms with Gasteiger partial charge in [0.2, 0.25) is 0 Å². The molecule has 3 nitrogen and oxygen atoms in total. The molecule has 3 aromatic rings. The van der Waals surface area contributed by atoms with Crippen molar-refractivity contribution in [1.82, 2.24) is 5.32 Å². The summed E-state index contributed by atoms with van der Waals surface area (Å²) in [6.07, 6.45) is 0. The highest BCUT2D eigenvalue weighted by Crippen LogP contribution is 2.24. The van der Waals surface area contributed by atoms with Crippen molar-refractivity contribution in [3.8, 4) is 0 Å². The van der Waals surface area contributed by atoms with Gasteiger partial charge in [-0.1, -0.05) is 18.2 Å². The number of hydrogen-bond donors (Lipinski definition) is 1. The molecule has 22 heavy (non-hydrogen) atoms. The fourth-order valence-electron chi connectivity index (χ4n) is 2.23. The van der Waals surface area contributed by atoms with Crippen LogP contribution < -0.4 is 5.32 Å². The predicted octanol–water partition coefficient (Wildman–Crippen LogP) is 4.20. The normalized spacial score (nSPS) is 12.3. The molecule has 1 heterocycles. The summed E-state index contributed by atoms with van der Waals surface area (Å²) in [5.74, 6) is -1.67. The van der Waals surface area contributed by atoms with E-state index in [9.17, 15) is 13.6 Å². The summed E-state index contributed by atoms with van der Waals surface area (Å²) in [7, 11) is 0. The Kier molecular flexibility index (Phi) is 3.63. The van der Waals surface area contributed by atoms with Gasteiger partial charge in [-0.3, -0.25) is 4.79 Å². The van der Waals surface area contributed by atoms with Crippen molar-refractivity contribution in [3.05, 3.63) is 71.5 Å². The molecule has 1 amide bonds. The van der Waals surface area contributed by atoms with Gasteiger partial charge >= 0.3 is 0 Å². The third kappa shape index (κ3) is 2.70. The Balaban J connectivity index is 1.81. The molecule has 0 aliphatic rings. The third-order valence-electron chi connectivity index (χ3n) is 3.39. The van der Waals surface area contributed by atoms with E-state index in [1.165, 1.54) is 0 Å². The number of hydrogen-bond acceptors (Lipinski definition) is 2. The number of amides is 1. The van der Waals surface area contributed by atoms with Crippen LogP contribution in [0.3, 0.4) is 0 Å². The second-order valence-electron chi connectivity index (χ2n) is 5.01. The summed E-state index contributed by atoms with van der Waals surface area (Å²) in [6.45, 7) is 1.73. The topological polar surface area (TPSA) is 42.2 Å². The first-order valence-corrected chi connectivity index (χ1v) is 6.79. The third-order valence-corrected chi connectivity index (χ3v) is 3.39. The van der Waals surface area contributed by atoms with Gasteiger partial charge in [-0.25, -0.2) is 8.78 Å². The Bertz CT molecular complexity index is 809. The smallest absolute Gasteiger partial charge is 0.254 e. The number of nitrogens with one attached hydrogen (secondary N) is 1. The average molecular weight is 301 g/mol. The lowest BCUT2D eigenvalue weighted by Crippen LogP contribution is -2.27. The summed E-state index contributed by atoms with van der Waals surface area (Å²) in [5, 5.41) is 3.56. The van der Waals surface area contributed by atoms with E-state index >= 15 is 0 Å². The molecule has 0 saturated carbocycles. The highest BCUT2D eigenvalue weighted by molar-refractivity contribution is 5.94. The number of fused-ring (bicyclic) bond motifs is 1. The van der Waals surface area contributed by atoms with Crippen LogP contribution in [0, 0.1) is 11.6 Å². The lowest BCUT2D eigenvalue weighted by molar-refractivity contribution is 0.0931. The zero-order valence-corrected chi connectivity index (χ0v) is 11.8. The van der Waals surface area contributed by atoms with E-state index in [2.05, 4.69) is 5.32 Å². The van der Waals surface area contributed by atoms with Crippen LogP contribution >= 0.6 is 0 Å². The van der Waals surface area contributed by atoms with Crippen LogP contribution in [0.25, 0.3) is 11.0 Å². The first-order valence-electron chi connectivity index (χ1n) is 6.79. The second kappa shape index (κ2) is 5.60. The van der Waals surface area contributed by atoms with Crippen LogP contribution in [0.1, 0.15) is 29.1 Å². The number of rotatable bonds is 3. The van der Waals surface area contributed by atoms with E-state index in [4.69, 9.17) is 4.42 Å². The van der Waals surface area contributed by atoms with Crippen LogP contribution in [0.15, 0.2) is 52.9 Å². The fraction of sp³-hybridized carbons (Fsp3) is 0.118. The van der Waals surface area contributed by atoms with Crippen molar-refractivity contribution in [1.29, 1.82) is 0 Å². The van der Waals surface area contributed by atoms with Crippen molar-refractivity contribution < 1.29 is 18.0 Å². The maximum absolute atomic E-state index is 13.6. The van der Waals surface area contributed by atoms with Crippen LogP contribution in [-0.4, -0.2) is 5.91 Å². The number of benzene rings is 2. The van der Waals surface area contributed by atoms with Crippen LogP contribution in [0.2, 0.25) is 0 Å². The molecular formula is C17H13F2NO2. The van der Waals surface area contributed by atoms with Crippen molar-refractivity contribution >= 4 is 16.9 Å². The molecule has 0 saturated heterocycles. The monoisotopic (exact) mass is 301 g/mol. The summed E-state index contributed by atoms with van der Waals surface area (Å²) in [4.78, 5) is 12.1. The van der Waals surface area contributed by atoms with Gasteiger partial charge in [0, 0.05) is 11.5 Å². The van der Waals surface area contributed by atoms with Crippen LogP contribution in [0.5, 0.6) is 0 Å². The molecule has 112 valence electrons. The molecular weight excluding hydrogens is 288 g/mol. The van der Waals surface area contributed by atoms with Gasteiger partial charge in [-0.05, 0) is 31.2 Å². The van der Waals surface area contributed by atoms with Gasteiger partial charge < -0.3 is 9.73 Å². The summed E-state index contributed by atoms with van der Waals surface area (Å²) < 4.78 is 32.1. The lowest BCUT2D eigenvalue weighted by Gasteiger charge is -2.11. The molecule has 3 rings (SSSR count). The summed E-state index contributed by atoms with van der Waals surface area (Å²) in [5.41, 5.74) is 0.510. The zero-order valence-electron chi connectivity index (χ0n) is 11.8. The number of furan rings is 1. The summed E-state index contributed by atoms with van der Waals surface area (Å²) >= 11 is 0. The Morgan fingerprint density at radius 2 is 1.91 bits per heavy atom. The molecule has 1 aromatic heterocycles. The number of para-hydroxylation sites is 1.